The first-order valence-electron chi connectivity index (χ1n) is 9.44. The summed E-state index contributed by atoms with van der Waals surface area (Å²) in [7, 11) is 0. The minimum Gasteiger partial charge on any atom is -0.335 e. The molecule has 6 nitrogen and oxygen atoms in total. The van der Waals surface area contributed by atoms with Crippen molar-refractivity contribution in [3.63, 3.8) is 0 Å². The molecule has 5 rings (SSSR count). The van der Waals surface area contributed by atoms with Crippen molar-refractivity contribution in [1.82, 2.24) is 15.1 Å². The summed E-state index contributed by atoms with van der Waals surface area (Å²) in [6.07, 6.45) is 1.68. The summed E-state index contributed by atoms with van der Waals surface area (Å²) in [5.41, 5.74) is 2.24. The van der Waals surface area contributed by atoms with E-state index >= 15 is 0 Å². The number of pyridine rings is 1. The number of benzene rings is 2. The van der Waals surface area contributed by atoms with Gasteiger partial charge in [0.15, 0.2) is 5.13 Å². The number of fused-ring (bicyclic) bond motifs is 1. The highest BCUT2D eigenvalue weighted by Crippen LogP contribution is 2.33. The van der Waals surface area contributed by atoms with Crippen LogP contribution >= 0.6 is 11.3 Å². The first-order chi connectivity index (χ1) is 15.1. The van der Waals surface area contributed by atoms with Gasteiger partial charge in [0.2, 0.25) is 0 Å². The number of nitrogens with one attached hydrogen (secondary N) is 1. The van der Waals surface area contributed by atoms with Crippen LogP contribution in [0.3, 0.4) is 0 Å². The molecule has 0 radical (unpaired) electrons. The zero-order valence-corrected chi connectivity index (χ0v) is 17.1. The second kappa shape index (κ2) is 7.73. The van der Waals surface area contributed by atoms with Crippen LogP contribution in [-0.2, 0) is 0 Å². The molecule has 0 fully saturated rings. The number of anilines is 1. The number of hydrogen-bond donors (Lipinski definition) is 1. The van der Waals surface area contributed by atoms with Gasteiger partial charge in [-0.2, -0.15) is 0 Å². The third-order valence-corrected chi connectivity index (χ3v) is 5.56. The fraction of sp³-hybridized carbons (Fsp3) is 0.0435. The van der Waals surface area contributed by atoms with Crippen LogP contribution in [0, 0.1) is 12.7 Å². The van der Waals surface area contributed by atoms with E-state index in [0.29, 0.717) is 16.2 Å². The number of carbonyl (C=O) groups is 1. The third-order valence-electron chi connectivity index (χ3n) is 4.73. The largest absolute Gasteiger partial charge is 0.335 e. The van der Waals surface area contributed by atoms with Crippen molar-refractivity contribution in [3.05, 3.63) is 83.1 Å². The van der Waals surface area contributed by atoms with Crippen molar-refractivity contribution in [3.8, 4) is 22.5 Å². The van der Waals surface area contributed by atoms with Gasteiger partial charge in [-0.1, -0.05) is 47.6 Å². The summed E-state index contributed by atoms with van der Waals surface area (Å²) in [6, 6.07) is 17.2. The molecule has 1 amide bonds. The Hall–Kier alpha value is -3.91. The standard InChI is InChI=1S/C23H15FN4O2S/c1-13-12-25-23(31-13)27-21(29)16-11-18(15-9-5-6-10-17(15)24)26-22-19(16)20(28-30-22)14-7-3-2-4-8-14/h2-12H,1H3,(H,25,27,29). The van der Waals surface area contributed by atoms with Crippen LogP contribution in [0.4, 0.5) is 9.52 Å². The molecule has 1 N–H and O–H groups in total. The molecular formula is C23H15FN4O2S. The van der Waals surface area contributed by atoms with E-state index in [0.717, 1.165) is 10.4 Å². The maximum atomic E-state index is 14.4. The van der Waals surface area contributed by atoms with Crippen LogP contribution < -0.4 is 5.32 Å². The lowest BCUT2D eigenvalue weighted by Crippen LogP contribution is -2.13. The van der Waals surface area contributed by atoms with Gasteiger partial charge in [0, 0.05) is 22.2 Å². The van der Waals surface area contributed by atoms with Gasteiger partial charge in [0.1, 0.15) is 11.5 Å². The maximum absolute atomic E-state index is 14.4. The highest BCUT2D eigenvalue weighted by atomic mass is 32.1. The molecule has 31 heavy (non-hydrogen) atoms. The molecule has 8 heteroatoms. The van der Waals surface area contributed by atoms with Gasteiger partial charge >= 0.3 is 0 Å². The number of carbonyl (C=O) groups excluding carboxylic acids is 1. The quantitative estimate of drug-likeness (QED) is 0.395. The summed E-state index contributed by atoms with van der Waals surface area (Å²) in [5, 5.41) is 7.89. The predicted molar refractivity (Wildman–Crippen MR) is 117 cm³/mol. The van der Waals surface area contributed by atoms with E-state index in [1.165, 1.54) is 17.4 Å². The van der Waals surface area contributed by atoms with Crippen LogP contribution in [0.5, 0.6) is 0 Å². The molecule has 0 aliphatic heterocycles. The number of rotatable bonds is 4. The lowest BCUT2D eigenvalue weighted by atomic mass is 10.0. The van der Waals surface area contributed by atoms with Crippen molar-refractivity contribution in [2.75, 3.05) is 5.32 Å². The smallest absolute Gasteiger partial charge is 0.259 e. The summed E-state index contributed by atoms with van der Waals surface area (Å²) in [5.74, 6) is -0.848. The van der Waals surface area contributed by atoms with Gasteiger partial charge < -0.3 is 4.52 Å². The topological polar surface area (TPSA) is 80.9 Å². The van der Waals surface area contributed by atoms with Crippen LogP contribution in [0.25, 0.3) is 33.6 Å². The van der Waals surface area contributed by atoms with Crippen molar-refractivity contribution in [2.24, 2.45) is 0 Å². The van der Waals surface area contributed by atoms with E-state index < -0.39 is 11.7 Å². The summed E-state index contributed by atoms with van der Waals surface area (Å²) in [4.78, 5) is 22.9. The van der Waals surface area contributed by atoms with Gasteiger partial charge in [0.25, 0.3) is 11.6 Å². The second-order valence-corrected chi connectivity index (χ2v) is 8.08. The zero-order valence-electron chi connectivity index (χ0n) is 16.3. The molecule has 0 aliphatic carbocycles. The molecule has 0 spiro atoms. The zero-order chi connectivity index (χ0) is 21.4. The van der Waals surface area contributed by atoms with E-state index in [1.807, 2.05) is 37.3 Å². The summed E-state index contributed by atoms with van der Waals surface area (Å²) < 4.78 is 19.9. The van der Waals surface area contributed by atoms with Crippen LogP contribution in [-0.4, -0.2) is 21.0 Å². The summed E-state index contributed by atoms with van der Waals surface area (Å²) >= 11 is 1.36. The Labute approximate surface area is 180 Å². The SMILES string of the molecule is Cc1cnc(NC(=O)c2cc(-c3ccccc3F)nc3onc(-c4ccccc4)c23)s1. The van der Waals surface area contributed by atoms with Gasteiger partial charge in [-0.15, -0.1) is 11.3 Å². The van der Waals surface area contributed by atoms with Crippen molar-refractivity contribution in [2.45, 2.75) is 6.92 Å². The normalized spacial score (nSPS) is 11.0. The predicted octanol–water partition coefficient (Wildman–Crippen LogP) is 5.71. The van der Waals surface area contributed by atoms with E-state index in [1.54, 1.807) is 30.5 Å². The Morgan fingerprint density at radius 2 is 1.87 bits per heavy atom. The van der Waals surface area contributed by atoms with E-state index in [9.17, 15) is 9.18 Å². The first-order valence-corrected chi connectivity index (χ1v) is 10.3. The fourth-order valence-corrected chi connectivity index (χ4v) is 3.97. The molecule has 0 saturated carbocycles. The number of nitrogens with zero attached hydrogens (tertiary/aromatic N) is 3. The van der Waals surface area contributed by atoms with Gasteiger partial charge in [-0.25, -0.2) is 14.4 Å². The van der Waals surface area contributed by atoms with Crippen molar-refractivity contribution in [1.29, 1.82) is 0 Å². The van der Waals surface area contributed by atoms with E-state index in [4.69, 9.17) is 4.52 Å². The number of amides is 1. The fourth-order valence-electron chi connectivity index (χ4n) is 3.31. The van der Waals surface area contributed by atoms with Crippen molar-refractivity contribution < 1.29 is 13.7 Å². The molecular weight excluding hydrogens is 415 g/mol. The van der Waals surface area contributed by atoms with E-state index in [-0.39, 0.29) is 22.5 Å². The minimum atomic E-state index is -0.445. The van der Waals surface area contributed by atoms with Crippen LogP contribution in [0.15, 0.2) is 71.4 Å². The van der Waals surface area contributed by atoms with Gasteiger partial charge in [-0.3, -0.25) is 10.1 Å². The molecule has 0 unspecified atom stereocenters. The maximum Gasteiger partial charge on any atom is 0.259 e. The average molecular weight is 430 g/mol. The highest BCUT2D eigenvalue weighted by Gasteiger charge is 2.23. The number of thiazole rings is 1. The molecule has 0 saturated heterocycles. The molecule has 0 bridgehead atoms. The monoisotopic (exact) mass is 430 g/mol. The molecule has 5 aromatic rings. The Balaban J connectivity index is 1.71. The molecule has 152 valence electrons. The lowest BCUT2D eigenvalue weighted by molar-refractivity contribution is 0.102. The molecule has 0 atom stereocenters. The van der Waals surface area contributed by atoms with E-state index in [2.05, 4.69) is 20.4 Å². The second-order valence-electron chi connectivity index (χ2n) is 6.84. The van der Waals surface area contributed by atoms with Crippen molar-refractivity contribution >= 4 is 33.5 Å². The molecule has 2 aromatic carbocycles. The van der Waals surface area contributed by atoms with Crippen LogP contribution in [0.1, 0.15) is 15.2 Å². The highest BCUT2D eigenvalue weighted by molar-refractivity contribution is 7.15. The number of aryl methyl sites for hydroxylation is 1. The Morgan fingerprint density at radius 3 is 2.61 bits per heavy atom. The summed E-state index contributed by atoms with van der Waals surface area (Å²) in [6.45, 7) is 1.90. The molecule has 3 aromatic heterocycles. The Kier molecular flexibility index (Phi) is 4.76. The number of halogens is 1. The Morgan fingerprint density at radius 1 is 1.10 bits per heavy atom. The minimum absolute atomic E-state index is 0.153. The molecule has 3 heterocycles. The average Bonchev–Trinajstić information content (AvgIpc) is 3.40. The third kappa shape index (κ3) is 3.57. The van der Waals surface area contributed by atoms with Crippen LogP contribution in [0.2, 0.25) is 0 Å². The van der Waals surface area contributed by atoms with Gasteiger partial charge in [-0.05, 0) is 25.1 Å². The number of hydrogen-bond acceptors (Lipinski definition) is 6. The van der Waals surface area contributed by atoms with Gasteiger partial charge in [0.05, 0.1) is 16.6 Å². The lowest BCUT2D eigenvalue weighted by Gasteiger charge is -2.08. The number of aromatic nitrogens is 3. The Bertz CT molecular complexity index is 1410. The first kappa shape index (κ1) is 19.1. The molecule has 0 aliphatic rings.